The van der Waals surface area contributed by atoms with Crippen LogP contribution < -0.4 is 0 Å². The fourth-order valence-corrected chi connectivity index (χ4v) is 12.1. The van der Waals surface area contributed by atoms with Gasteiger partial charge in [-0.25, -0.2) is 9.13 Å². The molecule has 0 aliphatic heterocycles. The Bertz CT molecular complexity index is 1740. The average molecular weight is 1310 g/mol. The van der Waals surface area contributed by atoms with Crippen molar-refractivity contribution in [3.05, 3.63) is 0 Å². The topological polar surface area (TPSA) is 237 Å². The molecule has 0 amide bonds. The molecule has 528 valence electrons. The molecule has 17 nitrogen and oxygen atoms in total. The van der Waals surface area contributed by atoms with Crippen LogP contribution in [-0.4, -0.2) is 96.7 Å². The second-order valence-corrected chi connectivity index (χ2v) is 28.7. The van der Waals surface area contributed by atoms with Crippen LogP contribution in [0.4, 0.5) is 0 Å². The second-order valence-electron chi connectivity index (χ2n) is 25.8. The molecule has 19 heteroatoms. The molecule has 0 saturated heterocycles. The summed E-state index contributed by atoms with van der Waals surface area (Å²) in [7, 11) is -9.90. The predicted molar refractivity (Wildman–Crippen MR) is 358 cm³/mol. The highest BCUT2D eigenvalue weighted by Gasteiger charge is 2.30. The van der Waals surface area contributed by atoms with E-state index in [1.54, 1.807) is 0 Å². The number of aliphatic hydroxyl groups is 1. The molecule has 0 aliphatic rings. The highest BCUT2D eigenvalue weighted by molar-refractivity contribution is 7.47. The highest BCUT2D eigenvalue weighted by Crippen LogP contribution is 2.45. The minimum absolute atomic E-state index is 0.106. The van der Waals surface area contributed by atoms with Gasteiger partial charge in [0, 0.05) is 25.7 Å². The van der Waals surface area contributed by atoms with Crippen LogP contribution in [0.5, 0.6) is 0 Å². The van der Waals surface area contributed by atoms with E-state index in [9.17, 15) is 43.2 Å². The first kappa shape index (κ1) is 87.1. The standard InChI is InChI=1S/C70H136O17P2/c1-7-11-13-15-17-19-21-23-24-25-27-29-35-43-49-55-70(75)86-65(58-80-67(72)52-46-40-33-31-30-32-38-44-50-62(5)9-3)60-84-88(76,77)82-56-64(71)57-83-89(78,79)85-61-66(59-81-68(73)53-47-41-37-36-39-45-51-63(6)10-4)87-69(74)54-48-42-34-28-26-22-20-18-16-14-12-8-2/h62-66,71H,7-61H2,1-6H3,(H,76,77)(H,78,79)/t62?,63?,64-,65-,66-/m1/s1. The van der Waals surface area contributed by atoms with Crippen LogP contribution in [-0.2, 0) is 65.4 Å². The number of aliphatic hydroxyl groups excluding tert-OH is 1. The maximum Gasteiger partial charge on any atom is 0.472 e. The molecule has 7 atom stereocenters. The Balaban J connectivity index is 5.26. The van der Waals surface area contributed by atoms with Crippen molar-refractivity contribution >= 4 is 39.5 Å². The predicted octanol–water partition coefficient (Wildman–Crippen LogP) is 20.0. The van der Waals surface area contributed by atoms with Gasteiger partial charge < -0.3 is 33.8 Å². The van der Waals surface area contributed by atoms with Crippen molar-refractivity contribution in [2.75, 3.05) is 39.6 Å². The van der Waals surface area contributed by atoms with E-state index in [2.05, 4.69) is 41.5 Å². The molecule has 0 aromatic heterocycles. The Labute approximate surface area is 543 Å². The van der Waals surface area contributed by atoms with Gasteiger partial charge in [-0.3, -0.25) is 37.3 Å². The smallest absolute Gasteiger partial charge is 0.462 e. The van der Waals surface area contributed by atoms with Gasteiger partial charge in [0.1, 0.15) is 19.3 Å². The first-order valence-corrected chi connectivity index (χ1v) is 39.6. The Morgan fingerprint density at radius 3 is 0.798 bits per heavy atom. The Kier molecular flexibility index (Phi) is 60.8. The Hall–Kier alpha value is -1.94. The third-order valence-corrected chi connectivity index (χ3v) is 18.8. The van der Waals surface area contributed by atoms with Gasteiger partial charge in [0.15, 0.2) is 12.2 Å². The summed E-state index contributed by atoms with van der Waals surface area (Å²) in [6.07, 6.45) is 47.0. The van der Waals surface area contributed by atoms with Crippen molar-refractivity contribution < 1.29 is 80.2 Å². The normalized spacial score (nSPS) is 14.8. The van der Waals surface area contributed by atoms with Gasteiger partial charge in [-0.15, -0.1) is 0 Å². The molecule has 0 aromatic rings. The van der Waals surface area contributed by atoms with Crippen LogP contribution in [0.15, 0.2) is 0 Å². The van der Waals surface area contributed by atoms with Gasteiger partial charge >= 0.3 is 39.5 Å². The zero-order chi connectivity index (χ0) is 65.7. The minimum Gasteiger partial charge on any atom is -0.462 e. The monoisotopic (exact) mass is 1310 g/mol. The summed E-state index contributed by atoms with van der Waals surface area (Å²) in [6, 6.07) is 0. The van der Waals surface area contributed by atoms with Crippen molar-refractivity contribution in [1.29, 1.82) is 0 Å². The summed E-state index contributed by atoms with van der Waals surface area (Å²) in [6.45, 7) is 9.52. The van der Waals surface area contributed by atoms with Gasteiger partial charge in [-0.2, -0.15) is 0 Å². The maximum atomic E-state index is 13.0. The van der Waals surface area contributed by atoms with E-state index in [0.29, 0.717) is 25.7 Å². The molecule has 89 heavy (non-hydrogen) atoms. The van der Waals surface area contributed by atoms with Crippen LogP contribution in [0.1, 0.15) is 356 Å². The zero-order valence-corrected chi connectivity index (χ0v) is 59.5. The summed E-state index contributed by atoms with van der Waals surface area (Å²) >= 11 is 0. The summed E-state index contributed by atoms with van der Waals surface area (Å²) < 4.78 is 68.3. The minimum atomic E-state index is -4.95. The quantitative estimate of drug-likeness (QED) is 0.0222. The van der Waals surface area contributed by atoms with Gasteiger partial charge in [0.2, 0.25) is 0 Å². The van der Waals surface area contributed by atoms with Crippen molar-refractivity contribution in [2.45, 2.75) is 374 Å². The molecule has 0 spiro atoms. The molecule has 0 bridgehead atoms. The van der Waals surface area contributed by atoms with Crippen LogP contribution in [0.2, 0.25) is 0 Å². The first-order valence-electron chi connectivity index (χ1n) is 36.6. The van der Waals surface area contributed by atoms with Crippen LogP contribution in [0.25, 0.3) is 0 Å². The summed E-state index contributed by atoms with van der Waals surface area (Å²) in [5.74, 6) is -0.615. The van der Waals surface area contributed by atoms with E-state index in [-0.39, 0.29) is 25.7 Å². The summed E-state index contributed by atoms with van der Waals surface area (Å²) in [5.41, 5.74) is 0. The summed E-state index contributed by atoms with van der Waals surface area (Å²) in [5, 5.41) is 10.6. The number of phosphoric acid groups is 2. The van der Waals surface area contributed by atoms with E-state index < -0.39 is 97.5 Å². The van der Waals surface area contributed by atoms with Crippen molar-refractivity contribution in [3.8, 4) is 0 Å². The number of phosphoric ester groups is 2. The lowest BCUT2D eigenvalue weighted by molar-refractivity contribution is -0.161. The molecule has 0 rings (SSSR count). The number of rotatable bonds is 69. The number of carbonyl (C=O) groups is 4. The van der Waals surface area contributed by atoms with E-state index in [1.165, 1.54) is 167 Å². The highest BCUT2D eigenvalue weighted by atomic mass is 31.2. The van der Waals surface area contributed by atoms with Crippen molar-refractivity contribution in [2.24, 2.45) is 11.8 Å². The fourth-order valence-electron chi connectivity index (χ4n) is 10.5. The third kappa shape index (κ3) is 62.0. The molecule has 0 heterocycles. The van der Waals surface area contributed by atoms with E-state index >= 15 is 0 Å². The van der Waals surface area contributed by atoms with E-state index in [0.717, 1.165) is 108 Å². The molecular weight excluding hydrogens is 1170 g/mol. The van der Waals surface area contributed by atoms with Gasteiger partial charge in [0.25, 0.3) is 0 Å². The van der Waals surface area contributed by atoms with E-state index in [4.69, 9.17) is 37.0 Å². The second kappa shape index (κ2) is 62.2. The van der Waals surface area contributed by atoms with Gasteiger partial charge in [-0.05, 0) is 37.5 Å². The van der Waals surface area contributed by atoms with Crippen LogP contribution in [0, 0.1) is 11.8 Å². The summed E-state index contributed by atoms with van der Waals surface area (Å²) in [4.78, 5) is 72.5. The largest absolute Gasteiger partial charge is 0.472 e. The lowest BCUT2D eigenvalue weighted by atomic mass is 9.99. The molecule has 0 fully saturated rings. The molecule has 4 unspecified atom stereocenters. The van der Waals surface area contributed by atoms with Crippen molar-refractivity contribution in [1.82, 2.24) is 0 Å². The number of hydrogen-bond donors (Lipinski definition) is 3. The molecule has 0 saturated carbocycles. The number of esters is 4. The van der Waals surface area contributed by atoms with Gasteiger partial charge in [0.05, 0.1) is 26.4 Å². The number of ether oxygens (including phenoxy) is 4. The molecule has 0 aliphatic carbocycles. The van der Waals surface area contributed by atoms with Crippen LogP contribution >= 0.6 is 15.6 Å². The number of carbonyl (C=O) groups excluding carboxylic acids is 4. The van der Waals surface area contributed by atoms with E-state index in [1.807, 2.05) is 0 Å². The zero-order valence-electron chi connectivity index (χ0n) is 57.7. The van der Waals surface area contributed by atoms with Crippen molar-refractivity contribution in [3.63, 3.8) is 0 Å². The number of unbranched alkanes of at least 4 members (excludes halogenated alkanes) is 37. The third-order valence-electron chi connectivity index (χ3n) is 16.9. The molecule has 3 N–H and O–H groups in total. The molecule has 0 aromatic carbocycles. The van der Waals surface area contributed by atoms with Gasteiger partial charge in [-0.1, -0.05) is 305 Å². The lowest BCUT2D eigenvalue weighted by Gasteiger charge is -2.21. The average Bonchev–Trinajstić information content (AvgIpc) is 3.72. The Morgan fingerprint density at radius 1 is 0.315 bits per heavy atom. The fraction of sp³-hybridized carbons (Fsp3) is 0.943. The number of hydrogen-bond acceptors (Lipinski definition) is 15. The van der Waals surface area contributed by atoms with Crippen LogP contribution in [0.3, 0.4) is 0 Å². The molecular formula is C70H136O17P2. The lowest BCUT2D eigenvalue weighted by Crippen LogP contribution is -2.30. The maximum absolute atomic E-state index is 13.0. The SMILES string of the molecule is CCCCCCCCCCCCCCCCCC(=O)O[C@H](COC(=O)CCCCCCCCCCC(C)CC)COP(=O)(O)OC[C@@H](O)COP(=O)(O)OC[C@@H](COC(=O)CCCCCCCCC(C)CC)OC(=O)CCCCCCCCCCCCCC. The first-order chi connectivity index (χ1) is 42.9. The Morgan fingerprint density at radius 2 is 0.539 bits per heavy atom. The molecule has 0 radical (unpaired) electrons.